The van der Waals surface area contributed by atoms with Crippen LogP contribution < -0.4 is 0 Å². The molecule has 1 aliphatic carbocycles. The summed E-state index contributed by atoms with van der Waals surface area (Å²) in [7, 11) is 0. The Balaban J connectivity index is 0.00000210. The zero-order valence-corrected chi connectivity index (χ0v) is 15.6. The molecule has 2 unspecified atom stereocenters. The summed E-state index contributed by atoms with van der Waals surface area (Å²) in [5.74, 6) is 0.538. The topological polar surface area (TPSA) is 23.5 Å². The van der Waals surface area contributed by atoms with Gasteiger partial charge < -0.3 is 5.11 Å². The Labute approximate surface area is 163 Å². The second kappa shape index (κ2) is 7.46. The standard InChI is InChI=1S/C21H22F3NO.ClH/c22-21(23,24)17-8-4-7-16(13-17)20(26)9-11-25(12-10-20)19-14-18(19)15-5-2-1-3-6-15;/h1-8,13,18-19,26H,9-12,14H2;1H. The van der Waals surface area contributed by atoms with Crippen LogP contribution in [0.25, 0.3) is 0 Å². The minimum Gasteiger partial charge on any atom is -0.385 e. The molecule has 1 aliphatic heterocycles. The normalized spacial score (nSPS) is 24.9. The average Bonchev–Trinajstić information content (AvgIpc) is 3.43. The molecule has 2 atom stereocenters. The zero-order valence-electron chi connectivity index (χ0n) is 14.8. The Kier molecular flexibility index (Phi) is 5.57. The van der Waals surface area contributed by atoms with E-state index in [0.717, 1.165) is 18.6 Å². The highest BCUT2D eigenvalue weighted by molar-refractivity contribution is 5.85. The van der Waals surface area contributed by atoms with Gasteiger partial charge in [0.25, 0.3) is 0 Å². The van der Waals surface area contributed by atoms with Crippen LogP contribution in [-0.4, -0.2) is 29.1 Å². The molecule has 4 rings (SSSR count). The van der Waals surface area contributed by atoms with Gasteiger partial charge in [-0.25, -0.2) is 0 Å². The van der Waals surface area contributed by atoms with Crippen LogP contribution in [0.3, 0.4) is 0 Å². The molecule has 0 radical (unpaired) electrons. The number of hydrogen-bond donors (Lipinski definition) is 1. The van der Waals surface area contributed by atoms with Crippen molar-refractivity contribution in [1.82, 2.24) is 4.90 Å². The molecular formula is C21H23ClF3NO. The Morgan fingerprint density at radius 2 is 1.63 bits per heavy atom. The summed E-state index contributed by atoms with van der Waals surface area (Å²) in [4.78, 5) is 2.37. The molecule has 1 saturated carbocycles. The third-order valence-corrected chi connectivity index (χ3v) is 5.81. The fraction of sp³-hybridized carbons (Fsp3) is 0.429. The van der Waals surface area contributed by atoms with Gasteiger partial charge in [0.2, 0.25) is 0 Å². The molecular weight excluding hydrogens is 375 g/mol. The summed E-state index contributed by atoms with van der Waals surface area (Å²) in [5, 5.41) is 10.9. The number of piperidine rings is 1. The Morgan fingerprint density at radius 1 is 0.963 bits per heavy atom. The van der Waals surface area contributed by atoms with Gasteiger partial charge in [0.05, 0.1) is 11.2 Å². The zero-order chi connectivity index (χ0) is 18.4. The lowest BCUT2D eigenvalue weighted by Crippen LogP contribution is -2.43. The highest BCUT2D eigenvalue weighted by atomic mass is 35.5. The summed E-state index contributed by atoms with van der Waals surface area (Å²) in [5.41, 5.74) is -0.148. The molecule has 146 valence electrons. The number of aliphatic hydroxyl groups is 1. The van der Waals surface area contributed by atoms with E-state index in [0.29, 0.717) is 43.5 Å². The van der Waals surface area contributed by atoms with Gasteiger partial charge in [0.1, 0.15) is 0 Å². The predicted molar refractivity (Wildman–Crippen MR) is 101 cm³/mol. The van der Waals surface area contributed by atoms with E-state index in [2.05, 4.69) is 17.0 Å². The summed E-state index contributed by atoms with van der Waals surface area (Å²) < 4.78 is 38.9. The van der Waals surface area contributed by atoms with Gasteiger partial charge >= 0.3 is 6.18 Å². The van der Waals surface area contributed by atoms with Crippen molar-refractivity contribution >= 4 is 12.4 Å². The van der Waals surface area contributed by atoms with Gasteiger partial charge in [-0.1, -0.05) is 42.5 Å². The molecule has 0 aromatic heterocycles. The molecule has 1 heterocycles. The van der Waals surface area contributed by atoms with Gasteiger partial charge in [0.15, 0.2) is 0 Å². The molecule has 6 heteroatoms. The first-order valence-corrected chi connectivity index (χ1v) is 9.06. The molecule has 1 saturated heterocycles. The fourth-order valence-electron chi connectivity index (χ4n) is 4.14. The lowest BCUT2D eigenvalue weighted by molar-refractivity contribution is -0.137. The maximum Gasteiger partial charge on any atom is 0.416 e. The average molecular weight is 398 g/mol. The van der Waals surface area contributed by atoms with E-state index in [1.807, 2.05) is 18.2 Å². The van der Waals surface area contributed by atoms with Gasteiger partial charge in [-0.15, -0.1) is 12.4 Å². The Bertz CT molecular complexity index is 772. The molecule has 0 bridgehead atoms. The lowest BCUT2D eigenvalue weighted by Gasteiger charge is -2.39. The van der Waals surface area contributed by atoms with Crippen molar-refractivity contribution in [2.45, 2.75) is 43.0 Å². The van der Waals surface area contributed by atoms with Crippen LogP contribution in [-0.2, 0) is 11.8 Å². The van der Waals surface area contributed by atoms with Crippen molar-refractivity contribution in [2.75, 3.05) is 13.1 Å². The van der Waals surface area contributed by atoms with Crippen LogP contribution in [0.15, 0.2) is 54.6 Å². The van der Waals surface area contributed by atoms with Gasteiger partial charge in [-0.2, -0.15) is 13.2 Å². The third-order valence-electron chi connectivity index (χ3n) is 5.81. The maximum atomic E-state index is 13.0. The Hall–Kier alpha value is -1.56. The predicted octanol–water partition coefficient (Wildman–Crippen LogP) is 4.97. The van der Waals surface area contributed by atoms with E-state index in [-0.39, 0.29) is 12.4 Å². The SMILES string of the molecule is Cl.OC1(c2cccc(C(F)(F)F)c2)CCN(C2CC2c2ccccc2)CC1. The first-order valence-electron chi connectivity index (χ1n) is 9.06. The summed E-state index contributed by atoms with van der Waals surface area (Å²) in [6.07, 6.45) is -2.34. The quantitative estimate of drug-likeness (QED) is 0.790. The summed E-state index contributed by atoms with van der Waals surface area (Å²) in [6.45, 7) is 1.42. The van der Waals surface area contributed by atoms with E-state index >= 15 is 0 Å². The van der Waals surface area contributed by atoms with E-state index in [9.17, 15) is 18.3 Å². The van der Waals surface area contributed by atoms with Gasteiger partial charge in [0, 0.05) is 25.0 Å². The first-order chi connectivity index (χ1) is 12.4. The van der Waals surface area contributed by atoms with Gasteiger partial charge in [-0.05, 0) is 42.5 Å². The largest absolute Gasteiger partial charge is 0.416 e. The maximum absolute atomic E-state index is 13.0. The van der Waals surface area contributed by atoms with Gasteiger partial charge in [-0.3, -0.25) is 4.90 Å². The number of halogens is 4. The van der Waals surface area contributed by atoms with Crippen molar-refractivity contribution in [1.29, 1.82) is 0 Å². The van der Waals surface area contributed by atoms with Crippen molar-refractivity contribution in [3.63, 3.8) is 0 Å². The molecule has 1 N–H and O–H groups in total. The van der Waals surface area contributed by atoms with Crippen molar-refractivity contribution in [2.24, 2.45) is 0 Å². The molecule has 2 fully saturated rings. The number of nitrogens with zero attached hydrogens (tertiary/aromatic N) is 1. The first kappa shape index (κ1) is 20.2. The minimum absolute atomic E-state index is 0. The van der Waals surface area contributed by atoms with E-state index < -0.39 is 17.3 Å². The molecule has 2 aliphatic rings. The smallest absolute Gasteiger partial charge is 0.385 e. The Morgan fingerprint density at radius 3 is 2.26 bits per heavy atom. The monoisotopic (exact) mass is 397 g/mol. The molecule has 27 heavy (non-hydrogen) atoms. The third kappa shape index (κ3) is 4.15. The van der Waals surface area contributed by atoms with Crippen molar-refractivity contribution in [3.8, 4) is 0 Å². The van der Waals surface area contributed by atoms with Crippen molar-refractivity contribution < 1.29 is 18.3 Å². The lowest BCUT2D eigenvalue weighted by atomic mass is 9.83. The fourth-order valence-corrected chi connectivity index (χ4v) is 4.14. The van der Waals surface area contributed by atoms with Crippen LogP contribution in [0.4, 0.5) is 13.2 Å². The number of alkyl halides is 3. The van der Waals surface area contributed by atoms with Crippen LogP contribution in [0.1, 0.15) is 41.9 Å². The highest BCUT2D eigenvalue weighted by Crippen LogP contribution is 2.47. The molecule has 2 aromatic rings. The van der Waals surface area contributed by atoms with E-state index in [1.165, 1.54) is 11.6 Å². The van der Waals surface area contributed by atoms with Crippen LogP contribution in [0.2, 0.25) is 0 Å². The van der Waals surface area contributed by atoms with Crippen molar-refractivity contribution in [3.05, 3.63) is 71.3 Å². The number of hydrogen-bond acceptors (Lipinski definition) is 2. The number of benzene rings is 2. The summed E-state index contributed by atoms with van der Waals surface area (Å²) in [6, 6.07) is 16.0. The van der Waals surface area contributed by atoms with Crippen LogP contribution in [0.5, 0.6) is 0 Å². The number of rotatable bonds is 3. The van der Waals surface area contributed by atoms with Crippen LogP contribution >= 0.6 is 12.4 Å². The van der Waals surface area contributed by atoms with Crippen LogP contribution in [0, 0.1) is 0 Å². The molecule has 0 amide bonds. The number of likely N-dealkylation sites (tertiary alicyclic amines) is 1. The molecule has 2 aromatic carbocycles. The minimum atomic E-state index is -4.38. The molecule has 0 spiro atoms. The second-order valence-corrected chi connectivity index (χ2v) is 7.47. The van der Waals surface area contributed by atoms with E-state index in [1.54, 1.807) is 6.07 Å². The second-order valence-electron chi connectivity index (χ2n) is 7.47. The van der Waals surface area contributed by atoms with E-state index in [4.69, 9.17) is 0 Å². The molecule has 2 nitrogen and oxygen atoms in total. The summed E-state index contributed by atoms with van der Waals surface area (Å²) >= 11 is 0. The highest BCUT2D eigenvalue weighted by Gasteiger charge is 2.46.